The van der Waals surface area contributed by atoms with Crippen LogP contribution < -0.4 is 0 Å². The second-order valence-corrected chi connectivity index (χ2v) is 7.10. The van der Waals surface area contributed by atoms with Gasteiger partial charge in [-0.2, -0.15) is 8.42 Å². The van der Waals surface area contributed by atoms with Gasteiger partial charge >= 0.3 is 0 Å². The molecule has 0 fully saturated rings. The SMILES string of the molecule is CS(=O)(=O)OCCCn1nnc2cc(C=O)c3c(c21)CCC3. The number of carbonyl (C=O) groups is 1. The summed E-state index contributed by atoms with van der Waals surface area (Å²) in [6.45, 7) is 0.647. The Balaban J connectivity index is 1.86. The molecule has 1 aromatic carbocycles. The van der Waals surface area contributed by atoms with E-state index in [-0.39, 0.29) is 6.61 Å². The fraction of sp³-hybridized carbons (Fsp3) is 0.500. The molecule has 0 saturated carbocycles. The molecule has 0 atom stereocenters. The molecule has 0 N–H and O–H groups in total. The molecule has 118 valence electrons. The van der Waals surface area contributed by atoms with Crippen LogP contribution in [0.5, 0.6) is 0 Å². The molecule has 0 saturated heterocycles. The first-order valence-corrected chi connectivity index (χ1v) is 8.99. The molecule has 1 aliphatic carbocycles. The van der Waals surface area contributed by atoms with Crippen LogP contribution in [0.15, 0.2) is 6.07 Å². The Morgan fingerprint density at radius 3 is 2.86 bits per heavy atom. The maximum Gasteiger partial charge on any atom is 0.264 e. The molecular formula is C14H17N3O4S. The van der Waals surface area contributed by atoms with Crippen molar-refractivity contribution in [1.82, 2.24) is 15.0 Å². The van der Waals surface area contributed by atoms with Gasteiger partial charge in [-0.25, -0.2) is 4.68 Å². The number of aldehydes is 1. The highest BCUT2D eigenvalue weighted by atomic mass is 32.2. The smallest absolute Gasteiger partial charge is 0.264 e. The molecular weight excluding hydrogens is 306 g/mol. The maximum absolute atomic E-state index is 11.2. The Morgan fingerprint density at radius 2 is 2.14 bits per heavy atom. The average Bonchev–Trinajstić information content (AvgIpc) is 3.07. The van der Waals surface area contributed by atoms with Gasteiger partial charge in [0.25, 0.3) is 10.1 Å². The summed E-state index contributed by atoms with van der Waals surface area (Å²) in [4.78, 5) is 11.2. The van der Waals surface area contributed by atoms with E-state index in [0.29, 0.717) is 24.0 Å². The van der Waals surface area contributed by atoms with Crippen molar-refractivity contribution in [3.63, 3.8) is 0 Å². The number of benzene rings is 1. The first-order valence-electron chi connectivity index (χ1n) is 7.17. The maximum atomic E-state index is 11.2. The summed E-state index contributed by atoms with van der Waals surface area (Å²) < 4.78 is 28.4. The minimum absolute atomic E-state index is 0.120. The van der Waals surface area contributed by atoms with Crippen molar-refractivity contribution in [2.24, 2.45) is 0 Å². The summed E-state index contributed by atoms with van der Waals surface area (Å²) in [6, 6.07) is 1.78. The normalized spacial score (nSPS) is 14.4. The lowest BCUT2D eigenvalue weighted by Crippen LogP contribution is -2.09. The van der Waals surface area contributed by atoms with Gasteiger partial charge in [0.05, 0.1) is 18.4 Å². The Bertz CT molecular complexity index is 826. The highest BCUT2D eigenvalue weighted by Crippen LogP contribution is 2.31. The predicted molar refractivity (Wildman–Crippen MR) is 80.4 cm³/mol. The van der Waals surface area contributed by atoms with Crippen LogP contribution in [0.25, 0.3) is 11.0 Å². The Morgan fingerprint density at radius 1 is 1.36 bits per heavy atom. The van der Waals surface area contributed by atoms with Crippen LogP contribution in [-0.2, 0) is 33.7 Å². The number of aryl methyl sites for hydroxylation is 2. The van der Waals surface area contributed by atoms with Gasteiger partial charge in [0.2, 0.25) is 0 Å². The number of aromatic nitrogens is 3. The van der Waals surface area contributed by atoms with Crippen LogP contribution in [0.3, 0.4) is 0 Å². The van der Waals surface area contributed by atoms with E-state index in [9.17, 15) is 13.2 Å². The monoisotopic (exact) mass is 323 g/mol. The van der Waals surface area contributed by atoms with Crippen molar-refractivity contribution >= 4 is 27.4 Å². The van der Waals surface area contributed by atoms with E-state index in [1.54, 1.807) is 10.7 Å². The van der Waals surface area contributed by atoms with E-state index < -0.39 is 10.1 Å². The van der Waals surface area contributed by atoms with Crippen LogP contribution in [0.4, 0.5) is 0 Å². The molecule has 0 bridgehead atoms. The number of carbonyl (C=O) groups excluding carboxylic acids is 1. The zero-order valence-corrected chi connectivity index (χ0v) is 13.1. The van der Waals surface area contributed by atoms with Gasteiger partial charge in [-0.05, 0) is 42.9 Å². The summed E-state index contributed by atoms with van der Waals surface area (Å²) in [5.74, 6) is 0. The first kappa shape index (κ1) is 15.1. The van der Waals surface area contributed by atoms with Crippen molar-refractivity contribution in [3.8, 4) is 0 Å². The molecule has 0 amide bonds. The fourth-order valence-electron chi connectivity index (χ4n) is 2.98. The minimum atomic E-state index is -3.41. The zero-order chi connectivity index (χ0) is 15.7. The van der Waals surface area contributed by atoms with Crippen LogP contribution in [0, 0.1) is 0 Å². The van der Waals surface area contributed by atoms with Crippen molar-refractivity contribution in [2.45, 2.75) is 32.2 Å². The lowest BCUT2D eigenvalue weighted by Gasteiger charge is -2.08. The van der Waals surface area contributed by atoms with Gasteiger partial charge in [-0.15, -0.1) is 5.10 Å². The molecule has 7 nitrogen and oxygen atoms in total. The molecule has 2 aromatic rings. The van der Waals surface area contributed by atoms with E-state index in [1.807, 2.05) is 0 Å². The summed E-state index contributed by atoms with van der Waals surface area (Å²) >= 11 is 0. The second-order valence-electron chi connectivity index (χ2n) is 5.45. The lowest BCUT2D eigenvalue weighted by atomic mass is 10.0. The number of fused-ring (bicyclic) bond motifs is 3. The summed E-state index contributed by atoms with van der Waals surface area (Å²) in [7, 11) is -3.41. The zero-order valence-electron chi connectivity index (χ0n) is 12.3. The van der Waals surface area contributed by atoms with Gasteiger partial charge < -0.3 is 0 Å². The highest BCUT2D eigenvalue weighted by molar-refractivity contribution is 7.85. The lowest BCUT2D eigenvalue weighted by molar-refractivity contribution is 0.112. The van der Waals surface area contributed by atoms with Crippen molar-refractivity contribution in [1.29, 1.82) is 0 Å². The van der Waals surface area contributed by atoms with Gasteiger partial charge in [0, 0.05) is 12.1 Å². The van der Waals surface area contributed by atoms with E-state index >= 15 is 0 Å². The number of nitrogens with zero attached hydrogens (tertiary/aromatic N) is 3. The Kier molecular flexibility index (Phi) is 3.96. The van der Waals surface area contributed by atoms with E-state index in [0.717, 1.165) is 48.4 Å². The largest absolute Gasteiger partial charge is 0.298 e. The van der Waals surface area contributed by atoms with Crippen LogP contribution in [0.2, 0.25) is 0 Å². The number of hydrogen-bond acceptors (Lipinski definition) is 6. The number of hydrogen-bond donors (Lipinski definition) is 0. The minimum Gasteiger partial charge on any atom is -0.298 e. The molecule has 0 spiro atoms. The third kappa shape index (κ3) is 2.89. The van der Waals surface area contributed by atoms with Crippen molar-refractivity contribution in [3.05, 3.63) is 22.8 Å². The predicted octanol–water partition coefficient (Wildman–Crippen LogP) is 1.10. The van der Waals surface area contributed by atoms with E-state index in [1.165, 1.54) is 0 Å². The Hall–Kier alpha value is -1.80. The first-order chi connectivity index (χ1) is 10.5. The summed E-state index contributed by atoms with van der Waals surface area (Å²) in [5.41, 5.74) is 4.61. The van der Waals surface area contributed by atoms with Gasteiger partial charge in [-0.1, -0.05) is 5.21 Å². The van der Waals surface area contributed by atoms with Crippen LogP contribution in [-0.4, -0.2) is 42.6 Å². The third-order valence-electron chi connectivity index (χ3n) is 3.84. The molecule has 1 aliphatic rings. The fourth-order valence-corrected chi connectivity index (χ4v) is 3.40. The second kappa shape index (κ2) is 5.77. The summed E-state index contributed by atoms with van der Waals surface area (Å²) in [6.07, 6.45) is 5.28. The van der Waals surface area contributed by atoms with Crippen LogP contribution in [0.1, 0.15) is 34.3 Å². The van der Waals surface area contributed by atoms with Crippen molar-refractivity contribution < 1.29 is 17.4 Å². The quantitative estimate of drug-likeness (QED) is 0.449. The topological polar surface area (TPSA) is 91.2 Å². The van der Waals surface area contributed by atoms with Crippen molar-refractivity contribution in [2.75, 3.05) is 12.9 Å². The standard InChI is InChI=1S/C14H17N3O4S/c1-22(19,20)21-7-3-6-17-14-12-5-2-4-11(12)10(9-18)8-13(14)15-16-17/h8-9H,2-7H2,1H3. The summed E-state index contributed by atoms with van der Waals surface area (Å²) in [5, 5.41) is 8.26. The molecule has 1 heterocycles. The van der Waals surface area contributed by atoms with Gasteiger partial charge in [-0.3, -0.25) is 8.98 Å². The van der Waals surface area contributed by atoms with Gasteiger partial charge in [0.1, 0.15) is 11.8 Å². The van der Waals surface area contributed by atoms with E-state index in [2.05, 4.69) is 10.3 Å². The molecule has 0 radical (unpaired) electrons. The third-order valence-corrected chi connectivity index (χ3v) is 4.44. The molecule has 1 aromatic heterocycles. The molecule has 0 unspecified atom stereocenters. The Labute approximate surface area is 128 Å². The van der Waals surface area contributed by atoms with E-state index in [4.69, 9.17) is 4.18 Å². The molecule has 8 heteroatoms. The number of rotatable bonds is 6. The molecule has 3 rings (SSSR count). The average molecular weight is 323 g/mol. The van der Waals surface area contributed by atoms with Crippen LogP contribution >= 0.6 is 0 Å². The van der Waals surface area contributed by atoms with Gasteiger partial charge in [0.15, 0.2) is 0 Å². The molecule has 22 heavy (non-hydrogen) atoms. The highest BCUT2D eigenvalue weighted by Gasteiger charge is 2.21. The molecule has 0 aliphatic heterocycles.